The number of hydrogen-bond donors (Lipinski definition) is 1. The molecule has 1 rings (SSSR count). The summed E-state index contributed by atoms with van der Waals surface area (Å²) in [6.07, 6.45) is 3.50. The summed E-state index contributed by atoms with van der Waals surface area (Å²) < 4.78 is 0. The summed E-state index contributed by atoms with van der Waals surface area (Å²) >= 11 is 0. The van der Waals surface area contributed by atoms with Crippen LogP contribution in [0.4, 0.5) is 0 Å². The van der Waals surface area contributed by atoms with Crippen LogP contribution in [-0.2, 0) is 12.8 Å². The molecular formula is C13H21N. The summed E-state index contributed by atoms with van der Waals surface area (Å²) in [6, 6.07) is 8.89. The van der Waals surface area contributed by atoms with Crippen LogP contribution in [0.5, 0.6) is 0 Å². The lowest BCUT2D eigenvalue weighted by Crippen LogP contribution is -2.17. The lowest BCUT2D eigenvalue weighted by molar-refractivity contribution is 0.671. The number of nitrogens with one attached hydrogen (secondary N) is 1. The van der Waals surface area contributed by atoms with E-state index in [9.17, 15) is 0 Å². The molecule has 0 fully saturated rings. The van der Waals surface area contributed by atoms with Crippen LogP contribution in [0.15, 0.2) is 24.3 Å². The fourth-order valence-electron chi connectivity index (χ4n) is 1.54. The van der Waals surface area contributed by atoms with Gasteiger partial charge in [0, 0.05) is 0 Å². The highest BCUT2D eigenvalue weighted by Gasteiger charge is 1.94. The Labute approximate surface area is 87.5 Å². The van der Waals surface area contributed by atoms with E-state index < -0.39 is 0 Å². The van der Waals surface area contributed by atoms with E-state index in [1.807, 2.05) is 0 Å². The van der Waals surface area contributed by atoms with E-state index in [0.29, 0.717) is 0 Å². The summed E-state index contributed by atoms with van der Waals surface area (Å²) in [5.74, 6) is 0. The van der Waals surface area contributed by atoms with Crippen molar-refractivity contribution in [2.24, 2.45) is 0 Å². The largest absolute Gasteiger partial charge is 0.316 e. The highest BCUT2D eigenvalue weighted by molar-refractivity contribution is 5.23. The van der Waals surface area contributed by atoms with Crippen LogP contribution < -0.4 is 5.32 Å². The molecule has 1 heteroatoms. The summed E-state index contributed by atoms with van der Waals surface area (Å²) in [5.41, 5.74) is 2.89. The fourth-order valence-corrected chi connectivity index (χ4v) is 1.54. The minimum Gasteiger partial charge on any atom is -0.316 e. The molecule has 1 aromatic rings. The summed E-state index contributed by atoms with van der Waals surface area (Å²) in [7, 11) is 0. The zero-order chi connectivity index (χ0) is 10.2. The van der Waals surface area contributed by atoms with Crippen LogP contribution in [0.2, 0.25) is 0 Å². The fraction of sp³-hybridized carbons (Fsp3) is 0.538. The van der Waals surface area contributed by atoms with Crippen molar-refractivity contribution in [1.29, 1.82) is 0 Å². The van der Waals surface area contributed by atoms with E-state index in [-0.39, 0.29) is 0 Å². The Kier molecular flexibility index (Phi) is 5.31. The van der Waals surface area contributed by atoms with E-state index >= 15 is 0 Å². The first kappa shape index (κ1) is 11.3. The van der Waals surface area contributed by atoms with Crippen LogP contribution >= 0.6 is 0 Å². The first-order valence-electron chi connectivity index (χ1n) is 5.65. The van der Waals surface area contributed by atoms with Crippen molar-refractivity contribution < 1.29 is 0 Å². The molecule has 0 bridgehead atoms. The topological polar surface area (TPSA) is 12.0 Å². The molecule has 0 spiro atoms. The molecule has 0 aromatic heterocycles. The van der Waals surface area contributed by atoms with Crippen LogP contribution in [0.1, 0.15) is 31.4 Å². The van der Waals surface area contributed by atoms with Crippen LogP contribution in [-0.4, -0.2) is 13.1 Å². The van der Waals surface area contributed by atoms with Crippen molar-refractivity contribution in [2.75, 3.05) is 13.1 Å². The lowest BCUT2D eigenvalue weighted by atomic mass is 10.1. The minimum absolute atomic E-state index is 1.10. The van der Waals surface area contributed by atoms with Gasteiger partial charge in [-0.2, -0.15) is 0 Å². The predicted molar refractivity (Wildman–Crippen MR) is 62.7 cm³/mol. The molecule has 14 heavy (non-hydrogen) atoms. The van der Waals surface area contributed by atoms with E-state index in [1.165, 1.54) is 17.5 Å². The average Bonchev–Trinajstić information content (AvgIpc) is 2.25. The number of aryl methyl sites for hydroxylation is 1. The van der Waals surface area contributed by atoms with Gasteiger partial charge >= 0.3 is 0 Å². The van der Waals surface area contributed by atoms with Crippen molar-refractivity contribution >= 4 is 0 Å². The highest BCUT2D eigenvalue weighted by Crippen LogP contribution is 2.05. The van der Waals surface area contributed by atoms with Gasteiger partial charge < -0.3 is 5.32 Å². The van der Waals surface area contributed by atoms with E-state index in [0.717, 1.165) is 25.9 Å². The Bertz CT molecular complexity index is 255. The first-order valence-corrected chi connectivity index (χ1v) is 5.65. The molecule has 0 aliphatic rings. The van der Waals surface area contributed by atoms with Crippen molar-refractivity contribution in [3.05, 3.63) is 35.4 Å². The average molecular weight is 191 g/mol. The molecule has 78 valence electrons. The molecular weight excluding hydrogens is 170 g/mol. The van der Waals surface area contributed by atoms with Crippen LogP contribution in [0.25, 0.3) is 0 Å². The molecule has 1 N–H and O–H groups in total. The molecule has 0 heterocycles. The molecule has 0 unspecified atom stereocenters. The number of hydrogen-bond acceptors (Lipinski definition) is 1. The van der Waals surface area contributed by atoms with Gasteiger partial charge in [-0.1, -0.05) is 38.1 Å². The molecule has 1 nitrogen and oxygen atoms in total. The van der Waals surface area contributed by atoms with E-state index in [4.69, 9.17) is 0 Å². The van der Waals surface area contributed by atoms with Crippen molar-refractivity contribution in [3.8, 4) is 0 Å². The van der Waals surface area contributed by atoms with Gasteiger partial charge in [-0.3, -0.25) is 0 Å². The molecule has 0 aliphatic heterocycles. The van der Waals surface area contributed by atoms with Gasteiger partial charge in [0.2, 0.25) is 0 Å². The predicted octanol–water partition coefficient (Wildman–Crippen LogP) is 2.79. The quantitative estimate of drug-likeness (QED) is 0.682. The van der Waals surface area contributed by atoms with Gasteiger partial charge in [0.1, 0.15) is 0 Å². The Morgan fingerprint density at radius 1 is 1.07 bits per heavy atom. The van der Waals surface area contributed by atoms with Gasteiger partial charge in [-0.15, -0.1) is 0 Å². The van der Waals surface area contributed by atoms with Crippen molar-refractivity contribution in [1.82, 2.24) is 5.32 Å². The van der Waals surface area contributed by atoms with E-state index in [1.54, 1.807) is 0 Å². The SMILES string of the molecule is CCCNCCc1cccc(CC)c1. The van der Waals surface area contributed by atoms with Crippen molar-refractivity contribution in [2.45, 2.75) is 33.1 Å². The lowest BCUT2D eigenvalue weighted by Gasteiger charge is -2.04. The highest BCUT2D eigenvalue weighted by atomic mass is 14.8. The Morgan fingerprint density at radius 3 is 2.57 bits per heavy atom. The monoisotopic (exact) mass is 191 g/mol. The zero-order valence-electron chi connectivity index (χ0n) is 9.34. The minimum atomic E-state index is 1.10. The molecule has 1 aromatic carbocycles. The third-order valence-corrected chi connectivity index (χ3v) is 2.42. The van der Waals surface area contributed by atoms with Gasteiger partial charge in [0.05, 0.1) is 0 Å². The molecule has 0 saturated carbocycles. The summed E-state index contributed by atoms with van der Waals surface area (Å²) in [5, 5.41) is 3.42. The Morgan fingerprint density at radius 2 is 1.86 bits per heavy atom. The number of rotatable bonds is 6. The maximum absolute atomic E-state index is 3.42. The molecule has 0 aliphatic carbocycles. The third-order valence-electron chi connectivity index (χ3n) is 2.42. The van der Waals surface area contributed by atoms with Gasteiger partial charge in [-0.25, -0.2) is 0 Å². The zero-order valence-corrected chi connectivity index (χ0v) is 9.34. The Balaban J connectivity index is 2.34. The Hall–Kier alpha value is -0.820. The van der Waals surface area contributed by atoms with Gasteiger partial charge in [0.15, 0.2) is 0 Å². The maximum atomic E-state index is 3.42. The van der Waals surface area contributed by atoms with Crippen LogP contribution in [0, 0.1) is 0 Å². The normalized spacial score (nSPS) is 10.4. The molecule has 0 amide bonds. The van der Waals surface area contributed by atoms with Crippen molar-refractivity contribution in [3.63, 3.8) is 0 Å². The van der Waals surface area contributed by atoms with Crippen LogP contribution in [0.3, 0.4) is 0 Å². The number of benzene rings is 1. The van der Waals surface area contributed by atoms with Gasteiger partial charge in [0.25, 0.3) is 0 Å². The van der Waals surface area contributed by atoms with E-state index in [2.05, 4.69) is 43.4 Å². The third kappa shape index (κ3) is 3.93. The molecule has 0 radical (unpaired) electrons. The second-order valence-electron chi connectivity index (χ2n) is 3.67. The molecule has 0 saturated heterocycles. The first-order chi connectivity index (χ1) is 6.86. The summed E-state index contributed by atoms with van der Waals surface area (Å²) in [4.78, 5) is 0. The van der Waals surface area contributed by atoms with Gasteiger partial charge in [-0.05, 0) is 43.5 Å². The molecule has 0 atom stereocenters. The second kappa shape index (κ2) is 6.61. The maximum Gasteiger partial charge on any atom is -0.000835 e. The standard InChI is InChI=1S/C13H21N/c1-3-9-14-10-8-13-7-5-6-12(4-2)11-13/h5-7,11,14H,3-4,8-10H2,1-2H3. The smallest absolute Gasteiger partial charge is 0.000835 e. The summed E-state index contributed by atoms with van der Waals surface area (Å²) in [6.45, 7) is 6.63. The second-order valence-corrected chi connectivity index (χ2v) is 3.67.